The molecule has 0 amide bonds. The molecular formula is C7H10F2. The van der Waals surface area contributed by atoms with E-state index in [0.717, 1.165) is 25.7 Å². The second-order valence-electron chi connectivity index (χ2n) is 3.37. The number of rotatable bonds is 0. The van der Waals surface area contributed by atoms with Gasteiger partial charge in [0.15, 0.2) is 0 Å². The van der Waals surface area contributed by atoms with E-state index in [1.165, 1.54) is 0 Å². The van der Waals surface area contributed by atoms with Gasteiger partial charge in [-0.15, -0.1) is 0 Å². The monoisotopic (exact) mass is 132 g/mol. The average molecular weight is 132 g/mol. The highest BCUT2D eigenvalue weighted by atomic mass is 19.3. The van der Waals surface area contributed by atoms with Crippen molar-refractivity contribution < 1.29 is 8.78 Å². The van der Waals surface area contributed by atoms with E-state index in [2.05, 4.69) is 0 Å². The molecule has 9 heavy (non-hydrogen) atoms. The normalized spacial score (nSPS) is 35.3. The van der Waals surface area contributed by atoms with Crippen LogP contribution in [-0.2, 0) is 0 Å². The molecule has 2 fully saturated rings. The maximum absolute atomic E-state index is 12.5. The summed E-state index contributed by atoms with van der Waals surface area (Å²) in [6, 6.07) is 0. The van der Waals surface area contributed by atoms with Crippen molar-refractivity contribution in [1.82, 2.24) is 0 Å². The molecule has 0 saturated heterocycles. The SMILES string of the molecule is FC1(F)CC12CCCC2. The lowest BCUT2D eigenvalue weighted by atomic mass is 10.1. The summed E-state index contributed by atoms with van der Waals surface area (Å²) < 4.78 is 25.0. The second kappa shape index (κ2) is 1.30. The maximum atomic E-state index is 12.5. The summed E-state index contributed by atoms with van der Waals surface area (Å²) in [6.07, 6.45) is 3.78. The van der Waals surface area contributed by atoms with Gasteiger partial charge < -0.3 is 0 Å². The molecule has 0 N–H and O–H groups in total. The third-order valence-corrected chi connectivity index (χ3v) is 2.77. The molecule has 0 unspecified atom stereocenters. The van der Waals surface area contributed by atoms with Crippen LogP contribution in [0.2, 0.25) is 0 Å². The Kier molecular flexibility index (Phi) is 0.814. The molecule has 0 aliphatic heterocycles. The Balaban J connectivity index is 2.13. The Labute approximate surface area is 53.2 Å². The van der Waals surface area contributed by atoms with Crippen LogP contribution < -0.4 is 0 Å². The first kappa shape index (κ1) is 5.63. The molecule has 0 aromatic carbocycles. The molecule has 0 aromatic heterocycles. The van der Waals surface area contributed by atoms with E-state index in [4.69, 9.17) is 0 Å². The molecule has 2 aliphatic carbocycles. The Morgan fingerprint density at radius 2 is 1.44 bits per heavy atom. The van der Waals surface area contributed by atoms with E-state index in [1.807, 2.05) is 0 Å². The standard InChI is InChI=1S/C7H10F2/c8-7(9)5-6(7)3-1-2-4-6/h1-5H2. The first-order valence-electron chi connectivity index (χ1n) is 3.54. The summed E-state index contributed by atoms with van der Waals surface area (Å²) in [6.45, 7) is 0. The minimum absolute atomic E-state index is 0.181. The van der Waals surface area contributed by atoms with E-state index in [1.54, 1.807) is 0 Å². The molecule has 0 bridgehead atoms. The third-order valence-electron chi connectivity index (χ3n) is 2.77. The smallest absolute Gasteiger partial charge is 0.206 e. The molecule has 2 aliphatic rings. The number of hydrogen-bond acceptors (Lipinski definition) is 0. The molecule has 0 radical (unpaired) electrons. The van der Waals surface area contributed by atoms with Crippen LogP contribution in [0.3, 0.4) is 0 Å². The van der Waals surface area contributed by atoms with Gasteiger partial charge in [-0.05, 0) is 12.8 Å². The lowest BCUT2D eigenvalue weighted by molar-refractivity contribution is 0.0660. The molecule has 0 heterocycles. The van der Waals surface area contributed by atoms with Gasteiger partial charge in [0.05, 0.1) is 0 Å². The van der Waals surface area contributed by atoms with Crippen molar-refractivity contribution in [2.75, 3.05) is 0 Å². The summed E-state index contributed by atoms with van der Waals surface area (Å²) in [4.78, 5) is 0. The van der Waals surface area contributed by atoms with Crippen molar-refractivity contribution in [3.8, 4) is 0 Å². The van der Waals surface area contributed by atoms with Crippen LogP contribution in [0, 0.1) is 5.41 Å². The number of halogens is 2. The zero-order valence-corrected chi connectivity index (χ0v) is 5.29. The maximum Gasteiger partial charge on any atom is 0.254 e. The molecule has 0 nitrogen and oxygen atoms in total. The lowest BCUT2D eigenvalue weighted by Gasteiger charge is -2.03. The molecule has 2 rings (SSSR count). The zero-order chi connectivity index (χ0) is 6.54. The van der Waals surface area contributed by atoms with Gasteiger partial charge in [0.1, 0.15) is 0 Å². The van der Waals surface area contributed by atoms with Gasteiger partial charge in [0.25, 0.3) is 5.92 Å². The van der Waals surface area contributed by atoms with Gasteiger partial charge in [0.2, 0.25) is 0 Å². The van der Waals surface area contributed by atoms with E-state index >= 15 is 0 Å². The Hall–Kier alpha value is -0.140. The largest absolute Gasteiger partial charge is 0.254 e. The topological polar surface area (TPSA) is 0 Å². The Morgan fingerprint density at radius 3 is 1.67 bits per heavy atom. The summed E-state index contributed by atoms with van der Waals surface area (Å²) in [7, 11) is 0. The summed E-state index contributed by atoms with van der Waals surface area (Å²) in [5, 5.41) is 0. The van der Waals surface area contributed by atoms with Crippen LogP contribution >= 0.6 is 0 Å². The first-order valence-corrected chi connectivity index (χ1v) is 3.54. The van der Waals surface area contributed by atoms with Gasteiger partial charge >= 0.3 is 0 Å². The van der Waals surface area contributed by atoms with Crippen LogP contribution in [0.5, 0.6) is 0 Å². The molecule has 0 atom stereocenters. The zero-order valence-electron chi connectivity index (χ0n) is 5.29. The van der Waals surface area contributed by atoms with Gasteiger partial charge in [-0.2, -0.15) is 0 Å². The molecule has 0 aromatic rings. The third kappa shape index (κ3) is 0.565. The summed E-state index contributed by atoms with van der Waals surface area (Å²) in [5.74, 6) is -2.27. The lowest BCUT2D eigenvalue weighted by Crippen LogP contribution is -2.04. The quantitative estimate of drug-likeness (QED) is 0.475. The van der Waals surface area contributed by atoms with Crippen LogP contribution in [0.1, 0.15) is 32.1 Å². The predicted molar refractivity (Wildman–Crippen MR) is 30.5 cm³/mol. The van der Waals surface area contributed by atoms with Crippen molar-refractivity contribution in [2.24, 2.45) is 5.41 Å². The summed E-state index contributed by atoms with van der Waals surface area (Å²) in [5.41, 5.74) is -0.493. The fraction of sp³-hybridized carbons (Fsp3) is 1.00. The highest BCUT2D eigenvalue weighted by molar-refractivity contribution is 5.11. The van der Waals surface area contributed by atoms with Crippen molar-refractivity contribution >= 4 is 0 Å². The Bertz CT molecular complexity index is 128. The molecule has 2 heteroatoms. The highest BCUT2D eigenvalue weighted by Crippen LogP contribution is 2.68. The van der Waals surface area contributed by atoms with Crippen LogP contribution in [-0.4, -0.2) is 5.92 Å². The van der Waals surface area contributed by atoms with Gasteiger partial charge in [-0.3, -0.25) is 0 Å². The first-order chi connectivity index (χ1) is 4.16. The number of alkyl halides is 2. The predicted octanol–water partition coefficient (Wildman–Crippen LogP) is 2.59. The van der Waals surface area contributed by atoms with Gasteiger partial charge in [-0.1, -0.05) is 12.8 Å². The second-order valence-corrected chi connectivity index (χ2v) is 3.37. The molecule has 1 spiro atoms. The molecule has 52 valence electrons. The van der Waals surface area contributed by atoms with Crippen LogP contribution in [0.15, 0.2) is 0 Å². The minimum atomic E-state index is -2.27. The van der Waals surface area contributed by atoms with Crippen LogP contribution in [0.25, 0.3) is 0 Å². The van der Waals surface area contributed by atoms with Gasteiger partial charge in [0, 0.05) is 11.8 Å². The summed E-state index contributed by atoms with van der Waals surface area (Å²) >= 11 is 0. The fourth-order valence-electron chi connectivity index (χ4n) is 1.98. The fourth-order valence-corrected chi connectivity index (χ4v) is 1.98. The van der Waals surface area contributed by atoms with Crippen molar-refractivity contribution in [3.63, 3.8) is 0 Å². The number of hydrogen-bond donors (Lipinski definition) is 0. The van der Waals surface area contributed by atoms with E-state index in [-0.39, 0.29) is 6.42 Å². The van der Waals surface area contributed by atoms with E-state index < -0.39 is 11.3 Å². The van der Waals surface area contributed by atoms with Crippen LogP contribution in [0.4, 0.5) is 8.78 Å². The average Bonchev–Trinajstić information content (AvgIpc) is 2.27. The van der Waals surface area contributed by atoms with Crippen molar-refractivity contribution in [2.45, 2.75) is 38.0 Å². The van der Waals surface area contributed by atoms with E-state index in [0.29, 0.717) is 0 Å². The highest BCUT2D eigenvalue weighted by Gasteiger charge is 2.70. The van der Waals surface area contributed by atoms with Gasteiger partial charge in [-0.25, -0.2) is 8.78 Å². The molecule has 2 saturated carbocycles. The van der Waals surface area contributed by atoms with Crippen molar-refractivity contribution in [1.29, 1.82) is 0 Å². The molecular weight excluding hydrogens is 122 g/mol. The van der Waals surface area contributed by atoms with Crippen molar-refractivity contribution in [3.05, 3.63) is 0 Å². The van der Waals surface area contributed by atoms with E-state index in [9.17, 15) is 8.78 Å². The minimum Gasteiger partial charge on any atom is -0.206 e. The Morgan fingerprint density at radius 1 is 1.00 bits per heavy atom.